The normalized spacial score (nSPS) is 19.7. The van der Waals surface area contributed by atoms with Crippen molar-refractivity contribution in [3.8, 4) is 0 Å². The summed E-state index contributed by atoms with van der Waals surface area (Å²) in [5.41, 5.74) is 4.30. The number of nitrogens with zero attached hydrogens (tertiary/aromatic N) is 4. The van der Waals surface area contributed by atoms with Crippen molar-refractivity contribution in [3.63, 3.8) is 0 Å². The van der Waals surface area contributed by atoms with Crippen molar-refractivity contribution in [2.24, 2.45) is 5.10 Å². The van der Waals surface area contributed by atoms with Crippen molar-refractivity contribution in [2.75, 3.05) is 32.7 Å². The SMILES string of the molecule is CC(=O)N1CCN(CC(=O)N2N=C(c3ccc(C)cc3)CC2c2ccccc2)CC1. The number of hydrogen-bond donors (Lipinski definition) is 0. The maximum atomic E-state index is 13.2. The standard InChI is InChI=1S/C24H28N4O2/c1-18-8-10-20(11-9-18)22-16-23(21-6-4-3-5-7-21)28(25-22)24(30)17-26-12-14-27(15-13-26)19(2)29/h3-11,23H,12-17H2,1-2H3. The molecule has 0 N–H and O–H groups in total. The lowest BCUT2D eigenvalue weighted by Gasteiger charge is -2.34. The first-order chi connectivity index (χ1) is 14.5. The Balaban J connectivity index is 1.52. The van der Waals surface area contributed by atoms with E-state index < -0.39 is 0 Å². The van der Waals surface area contributed by atoms with E-state index in [1.807, 2.05) is 23.1 Å². The highest BCUT2D eigenvalue weighted by Gasteiger charge is 2.34. The summed E-state index contributed by atoms with van der Waals surface area (Å²) in [7, 11) is 0. The smallest absolute Gasteiger partial charge is 0.257 e. The summed E-state index contributed by atoms with van der Waals surface area (Å²) < 4.78 is 0. The Hall–Kier alpha value is -2.99. The third-order valence-electron chi connectivity index (χ3n) is 5.91. The Morgan fingerprint density at radius 2 is 1.63 bits per heavy atom. The molecule has 0 aromatic heterocycles. The van der Waals surface area contributed by atoms with Gasteiger partial charge in [0, 0.05) is 39.5 Å². The van der Waals surface area contributed by atoms with Gasteiger partial charge in [0.2, 0.25) is 5.91 Å². The molecule has 1 fully saturated rings. The highest BCUT2D eigenvalue weighted by Crippen LogP contribution is 2.32. The molecule has 2 aromatic rings. The van der Waals surface area contributed by atoms with Crippen molar-refractivity contribution in [1.82, 2.24) is 14.8 Å². The monoisotopic (exact) mass is 404 g/mol. The lowest BCUT2D eigenvalue weighted by atomic mass is 9.98. The molecule has 2 aliphatic rings. The predicted molar refractivity (Wildman–Crippen MR) is 117 cm³/mol. The Morgan fingerprint density at radius 1 is 0.967 bits per heavy atom. The van der Waals surface area contributed by atoms with Gasteiger partial charge in [0.25, 0.3) is 5.91 Å². The van der Waals surface area contributed by atoms with Crippen LogP contribution in [0.15, 0.2) is 59.7 Å². The average Bonchev–Trinajstić information content (AvgIpc) is 3.21. The van der Waals surface area contributed by atoms with E-state index in [9.17, 15) is 9.59 Å². The molecule has 2 amide bonds. The largest absolute Gasteiger partial charge is 0.340 e. The molecule has 1 saturated heterocycles. The molecule has 0 spiro atoms. The van der Waals surface area contributed by atoms with Gasteiger partial charge in [0.05, 0.1) is 18.3 Å². The zero-order valence-electron chi connectivity index (χ0n) is 17.6. The first-order valence-electron chi connectivity index (χ1n) is 10.5. The Kier molecular flexibility index (Phi) is 5.95. The second-order valence-electron chi connectivity index (χ2n) is 8.06. The number of rotatable bonds is 4. The minimum absolute atomic E-state index is 0.00207. The van der Waals surface area contributed by atoms with Gasteiger partial charge >= 0.3 is 0 Å². The molecule has 1 unspecified atom stereocenters. The molecule has 2 aliphatic heterocycles. The summed E-state index contributed by atoms with van der Waals surface area (Å²) in [6, 6.07) is 18.3. The molecular weight excluding hydrogens is 376 g/mol. The molecule has 6 heteroatoms. The molecule has 2 aromatic carbocycles. The fraction of sp³-hybridized carbons (Fsp3) is 0.375. The average molecular weight is 405 g/mol. The maximum Gasteiger partial charge on any atom is 0.257 e. The number of carbonyl (C=O) groups excluding carboxylic acids is 2. The second-order valence-corrected chi connectivity index (χ2v) is 8.06. The van der Waals surface area contributed by atoms with Crippen molar-refractivity contribution in [1.29, 1.82) is 0 Å². The van der Waals surface area contributed by atoms with Gasteiger partial charge in [-0.25, -0.2) is 5.01 Å². The van der Waals surface area contributed by atoms with Crippen molar-refractivity contribution in [2.45, 2.75) is 26.3 Å². The molecule has 156 valence electrons. The van der Waals surface area contributed by atoms with E-state index in [4.69, 9.17) is 5.10 Å². The van der Waals surface area contributed by atoms with E-state index in [0.29, 0.717) is 39.1 Å². The highest BCUT2D eigenvalue weighted by molar-refractivity contribution is 6.03. The second kappa shape index (κ2) is 8.79. The third-order valence-corrected chi connectivity index (χ3v) is 5.91. The molecular formula is C24H28N4O2. The van der Waals surface area contributed by atoms with Crippen molar-refractivity contribution < 1.29 is 9.59 Å². The van der Waals surface area contributed by atoms with Crippen LogP contribution in [0.25, 0.3) is 0 Å². The van der Waals surface area contributed by atoms with Crippen LogP contribution < -0.4 is 0 Å². The fourth-order valence-electron chi connectivity index (χ4n) is 4.08. The molecule has 0 bridgehead atoms. The zero-order chi connectivity index (χ0) is 21.1. The molecule has 0 aliphatic carbocycles. The van der Waals surface area contributed by atoms with E-state index in [2.05, 4.69) is 48.2 Å². The van der Waals surface area contributed by atoms with Gasteiger partial charge in [-0.1, -0.05) is 60.2 Å². The van der Waals surface area contributed by atoms with Crippen LogP contribution >= 0.6 is 0 Å². The van der Waals surface area contributed by atoms with Gasteiger partial charge in [-0.3, -0.25) is 14.5 Å². The molecule has 30 heavy (non-hydrogen) atoms. The van der Waals surface area contributed by atoms with Crippen molar-refractivity contribution in [3.05, 3.63) is 71.3 Å². The summed E-state index contributed by atoms with van der Waals surface area (Å²) in [6.45, 7) is 6.74. The topological polar surface area (TPSA) is 56.2 Å². The lowest BCUT2D eigenvalue weighted by molar-refractivity contribution is -0.135. The van der Waals surface area contributed by atoms with Crippen LogP contribution in [-0.2, 0) is 9.59 Å². The van der Waals surface area contributed by atoms with E-state index in [1.165, 1.54) is 5.56 Å². The number of carbonyl (C=O) groups is 2. The van der Waals surface area contributed by atoms with Gasteiger partial charge in [-0.2, -0.15) is 5.10 Å². The molecule has 2 heterocycles. The third kappa shape index (κ3) is 4.44. The highest BCUT2D eigenvalue weighted by atomic mass is 16.2. The Bertz CT molecular complexity index is 931. The first kappa shape index (κ1) is 20.3. The predicted octanol–water partition coefficient (Wildman–Crippen LogP) is 2.84. The molecule has 4 rings (SSSR count). The van der Waals surface area contributed by atoms with Crippen LogP contribution in [0.3, 0.4) is 0 Å². The number of benzene rings is 2. The molecule has 0 saturated carbocycles. The number of amides is 2. The van der Waals surface area contributed by atoms with Gasteiger partial charge in [-0.05, 0) is 18.1 Å². The van der Waals surface area contributed by atoms with Crippen LogP contribution in [-0.4, -0.2) is 65.1 Å². The summed E-state index contributed by atoms with van der Waals surface area (Å²) in [6.07, 6.45) is 0.705. The summed E-state index contributed by atoms with van der Waals surface area (Å²) in [4.78, 5) is 28.7. The zero-order valence-corrected chi connectivity index (χ0v) is 17.6. The van der Waals surface area contributed by atoms with Gasteiger partial charge in [0.1, 0.15) is 0 Å². The van der Waals surface area contributed by atoms with Gasteiger partial charge < -0.3 is 4.90 Å². The van der Waals surface area contributed by atoms with Crippen LogP contribution in [0, 0.1) is 6.92 Å². The first-order valence-corrected chi connectivity index (χ1v) is 10.5. The maximum absolute atomic E-state index is 13.2. The minimum atomic E-state index is -0.0893. The van der Waals surface area contributed by atoms with Crippen LogP contribution in [0.5, 0.6) is 0 Å². The van der Waals surface area contributed by atoms with E-state index >= 15 is 0 Å². The van der Waals surface area contributed by atoms with Crippen LogP contribution in [0.2, 0.25) is 0 Å². The van der Waals surface area contributed by atoms with Gasteiger partial charge in [-0.15, -0.1) is 0 Å². The molecule has 6 nitrogen and oxygen atoms in total. The number of aryl methyl sites for hydroxylation is 1. The fourth-order valence-corrected chi connectivity index (χ4v) is 4.08. The number of piperazine rings is 1. The van der Waals surface area contributed by atoms with Gasteiger partial charge in [0.15, 0.2) is 0 Å². The van der Waals surface area contributed by atoms with Crippen LogP contribution in [0.4, 0.5) is 0 Å². The van der Waals surface area contributed by atoms with E-state index in [1.54, 1.807) is 11.9 Å². The number of hydrogen-bond acceptors (Lipinski definition) is 4. The Labute approximate surface area is 177 Å². The number of hydrazone groups is 1. The Morgan fingerprint density at radius 3 is 2.27 bits per heavy atom. The summed E-state index contributed by atoms with van der Waals surface area (Å²) in [5, 5.41) is 6.43. The minimum Gasteiger partial charge on any atom is -0.340 e. The van der Waals surface area contributed by atoms with Crippen molar-refractivity contribution >= 4 is 17.5 Å². The van der Waals surface area contributed by atoms with Crippen LogP contribution in [0.1, 0.15) is 36.1 Å². The van der Waals surface area contributed by atoms with E-state index in [0.717, 1.165) is 16.8 Å². The summed E-state index contributed by atoms with van der Waals surface area (Å²) in [5.74, 6) is 0.0965. The summed E-state index contributed by atoms with van der Waals surface area (Å²) >= 11 is 0. The lowest BCUT2D eigenvalue weighted by Crippen LogP contribution is -2.50. The van der Waals surface area contributed by atoms with E-state index in [-0.39, 0.29) is 17.9 Å². The molecule has 1 atom stereocenters. The molecule has 0 radical (unpaired) electrons. The quantitative estimate of drug-likeness (QED) is 0.787.